The number of nitrogens with one attached hydrogen (secondary N) is 2. The molecule has 0 fully saturated rings. The quantitative estimate of drug-likeness (QED) is 0.549. The fourth-order valence-corrected chi connectivity index (χ4v) is 2.84. The average Bonchev–Trinajstić information content (AvgIpc) is 2.71. The summed E-state index contributed by atoms with van der Waals surface area (Å²) in [6.45, 7) is 1.10. The van der Waals surface area contributed by atoms with Crippen molar-refractivity contribution in [2.24, 2.45) is 0 Å². The smallest absolute Gasteiger partial charge is 0.279 e. The van der Waals surface area contributed by atoms with Crippen LogP contribution in [0.25, 0.3) is 10.8 Å². The number of rotatable bonds is 6. The van der Waals surface area contributed by atoms with Crippen LogP contribution in [0.4, 0.5) is 4.39 Å². The van der Waals surface area contributed by atoms with Crippen molar-refractivity contribution in [2.45, 2.75) is 13.0 Å². The van der Waals surface area contributed by atoms with Gasteiger partial charge in [0.1, 0.15) is 5.75 Å². The Labute approximate surface area is 175 Å². The Balaban J connectivity index is 1.46. The lowest BCUT2D eigenvalue weighted by molar-refractivity contribution is -0.133. The summed E-state index contributed by atoms with van der Waals surface area (Å²) in [6.07, 6.45) is -0.846. The van der Waals surface area contributed by atoms with E-state index in [-0.39, 0.29) is 5.75 Å². The topological polar surface area (TPSA) is 76.7 Å². The SMILES string of the molecule is CC(Oc1ccc2ccccc2c1)C(=O)NNC(=O)COc1ccc(Br)cc1F. The van der Waals surface area contributed by atoms with Crippen LogP contribution in [-0.4, -0.2) is 24.5 Å². The van der Waals surface area contributed by atoms with E-state index in [1.807, 2.05) is 36.4 Å². The van der Waals surface area contributed by atoms with Gasteiger partial charge in [0.2, 0.25) is 0 Å². The highest BCUT2D eigenvalue weighted by Gasteiger charge is 2.16. The van der Waals surface area contributed by atoms with E-state index in [1.54, 1.807) is 19.1 Å². The minimum absolute atomic E-state index is 0.0670. The average molecular weight is 461 g/mol. The lowest BCUT2D eigenvalue weighted by atomic mass is 10.1. The highest BCUT2D eigenvalue weighted by atomic mass is 79.9. The van der Waals surface area contributed by atoms with Crippen LogP contribution < -0.4 is 20.3 Å². The molecule has 29 heavy (non-hydrogen) atoms. The van der Waals surface area contributed by atoms with E-state index in [1.165, 1.54) is 12.1 Å². The number of carbonyl (C=O) groups excluding carboxylic acids is 2. The van der Waals surface area contributed by atoms with Crippen molar-refractivity contribution < 1.29 is 23.5 Å². The molecule has 8 heteroatoms. The molecule has 0 bridgehead atoms. The molecule has 0 aliphatic carbocycles. The molecule has 0 heterocycles. The molecule has 0 radical (unpaired) electrons. The molecule has 3 aromatic carbocycles. The highest BCUT2D eigenvalue weighted by Crippen LogP contribution is 2.22. The first kappa shape index (κ1) is 20.6. The van der Waals surface area contributed by atoms with Crippen molar-refractivity contribution in [1.82, 2.24) is 10.9 Å². The number of amides is 2. The predicted molar refractivity (Wildman–Crippen MR) is 110 cm³/mol. The Morgan fingerprint density at radius 1 is 1.03 bits per heavy atom. The van der Waals surface area contributed by atoms with Gasteiger partial charge in [-0.15, -0.1) is 0 Å². The van der Waals surface area contributed by atoms with E-state index in [4.69, 9.17) is 9.47 Å². The molecule has 3 aromatic rings. The fraction of sp³-hybridized carbons (Fsp3) is 0.143. The first-order valence-electron chi connectivity index (χ1n) is 8.74. The molecule has 0 saturated heterocycles. The molecular formula is C21H18BrFN2O4. The van der Waals surface area contributed by atoms with Gasteiger partial charge in [-0.1, -0.05) is 46.3 Å². The largest absolute Gasteiger partial charge is 0.481 e. The molecule has 1 atom stereocenters. The third-order valence-electron chi connectivity index (χ3n) is 3.98. The summed E-state index contributed by atoms with van der Waals surface area (Å²) in [4.78, 5) is 23.9. The van der Waals surface area contributed by atoms with Gasteiger partial charge in [-0.25, -0.2) is 4.39 Å². The molecule has 150 valence electrons. The van der Waals surface area contributed by atoms with Gasteiger partial charge in [0.15, 0.2) is 24.3 Å². The van der Waals surface area contributed by atoms with E-state index in [0.717, 1.165) is 10.8 Å². The molecule has 0 saturated carbocycles. The van der Waals surface area contributed by atoms with Crippen LogP contribution in [-0.2, 0) is 9.59 Å². The summed E-state index contributed by atoms with van der Waals surface area (Å²) < 4.78 is 24.9. The summed E-state index contributed by atoms with van der Waals surface area (Å²) >= 11 is 3.13. The van der Waals surface area contributed by atoms with Crippen LogP contribution in [0.1, 0.15) is 6.92 Å². The molecule has 0 aromatic heterocycles. The van der Waals surface area contributed by atoms with Gasteiger partial charge in [-0.05, 0) is 48.0 Å². The summed E-state index contributed by atoms with van der Waals surface area (Å²) in [5.41, 5.74) is 4.46. The zero-order valence-corrected chi connectivity index (χ0v) is 17.0. The van der Waals surface area contributed by atoms with Crippen molar-refractivity contribution in [3.8, 4) is 11.5 Å². The van der Waals surface area contributed by atoms with E-state index < -0.39 is 30.3 Å². The molecule has 6 nitrogen and oxygen atoms in total. The summed E-state index contributed by atoms with van der Waals surface area (Å²) in [7, 11) is 0. The molecule has 0 aliphatic rings. The number of hydrogen-bond donors (Lipinski definition) is 2. The standard InChI is InChI=1S/C21H18BrFN2O4/c1-13(29-17-8-6-14-4-2-3-5-15(14)10-17)21(27)25-24-20(26)12-28-19-9-7-16(22)11-18(19)23/h2-11,13H,12H2,1H3,(H,24,26)(H,25,27). The Morgan fingerprint density at radius 2 is 1.79 bits per heavy atom. The van der Waals surface area contributed by atoms with E-state index >= 15 is 0 Å². The van der Waals surface area contributed by atoms with Crippen molar-refractivity contribution in [1.29, 1.82) is 0 Å². The minimum atomic E-state index is -0.846. The first-order valence-corrected chi connectivity index (χ1v) is 9.53. The molecule has 0 aliphatic heterocycles. The molecule has 3 rings (SSSR count). The second kappa shape index (κ2) is 9.38. The molecular weight excluding hydrogens is 443 g/mol. The second-order valence-electron chi connectivity index (χ2n) is 6.17. The normalized spacial score (nSPS) is 11.6. The zero-order valence-electron chi connectivity index (χ0n) is 15.4. The lowest BCUT2D eigenvalue weighted by Crippen LogP contribution is -2.48. The third-order valence-corrected chi connectivity index (χ3v) is 4.47. The van der Waals surface area contributed by atoms with Gasteiger partial charge >= 0.3 is 0 Å². The number of hydrogen-bond acceptors (Lipinski definition) is 4. The highest BCUT2D eigenvalue weighted by molar-refractivity contribution is 9.10. The van der Waals surface area contributed by atoms with Crippen molar-refractivity contribution in [2.75, 3.05) is 6.61 Å². The summed E-state index contributed by atoms with van der Waals surface area (Å²) in [5.74, 6) is -1.32. The van der Waals surface area contributed by atoms with Crippen LogP contribution in [0.3, 0.4) is 0 Å². The number of carbonyl (C=O) groups is 2. The number of hydrazine groups is 1. The second-order valence-corrected chi connectivity index (χ2v) is 7.09. The van der Waals surface area contributed by atoms with Gasteiger partial charge in [-0.3, -0.25) is 20.4 Å². The van der Waals surface area contributed by atoms with E-state index in [0.29, 0.717) is 10.2 Å². The summed E-state index contributed by atoms with van der Waals surface area (Å²) in [6, 6.07) is 17.5. The van der Waals surface area contributed by atoms with E-state index in [9.17, 15) is 14.0 Å². The Bertz CT molecular complexity index is 1040. The molecule has 0 spiro atoms. The van der Waals surface area contributed by atoms with Crippen molar-refractivity contribution in [3.05, 3.63) is 71.0 Å². The van der Waals surface area contributed by atoms with E-state index in [2.05, 4.69) is 26.8 Å². The van der Waals surface area contributed by atoms with Gasteiger partial charge in [0, 0.05) is 4.47 Å². The van der Waals surface area contributed by atoms with Crippen molar-refractivity contribution >= 4 is 38.5 Å². The Hall–Kier alpha value is -3.13. The minimum Gasteiger partial charge on any atom is -0.481 e. The number of halogens is 2. The predicted octanol–water partition coefficient (Wildman–Crippen LogP) is 3.74. The maximum absolute atomic E-state index is 13.7. The number of fused-ring (bicyclic) bond motifs is 1. The molecule has 2 N–H and O–H groups in total. The Kier molecular flexibility index (Phi) is 6.66. The van der Waals surface area contributed by atoms with Crippen molar-refractivity contribution in [3.63, 3.8) is 0 Å². The monoisotopic (exact) mass is 460 g/mol. The third kappa shape index (κ3) is 5.68. The van der Waals surface area contributed by atoms with Crippen LogP contribution in [0.5, 0.6) is 11.5 Å². The fourth-order valence-electron chi connectivity index (χ4n) is 2.50. The number of ether oxygens (including phenoxy) is 2. The maximum atomic E-state index is 13.7. The van der Waals surface area contributed by atoms with Crippen LogP contribution in [0.2, 0.25) is 0 Å². The Morgan fingerprint density at radius 3 is 2.55 bits per heavy atom. The first-order chi connectivity index (χ1) is 13.9. The van der Waals surface area contributed by atoms with Gasteiger partial charge in [0.05, 0.1) is 0 Å². The maximum Gasteiger partial charge on any atom is 0.279 e. The van der Waals surface area contributed by atoms with Gasteiger partial charge in [-0.2, -0.15) is 0 Å². The van der Waals surface area contributed by atoms with Crippen LogP contribution in [0, 0.1) is 5.82 Å². The van der Waals surface area contributed by atoms with Gasteiger partial charge in [0.25, 0.3) is 11.8 Å². The summed E-state index contributed by atoms with van der Waals surface area (Å²) in [5, 5.41) is 2.05. The lowest BCUT2D eigenvalue weighted by Gasteiger charge is -2.15. The van der Waals surface area contributed by atoms with Crippen LogP contribution in [0.15, 0.2) is 65.1 Å². The van der Waals surface area contributed by atoms with Gasteiger partial charge < -0.3 is 9.47 Å². The number of benzene rings is 3. The zero-order chi connectivity index (χ0) is 20.8. The van der Waals surface area contributed by atoms with Crippen LogP contribution >= 0.6 is 15.9 Å². The molecule has 1 unspecified atom stereocenters. The molecule has 2 amide bonds.